The van der Waals surface area contributed by atoms with E-state index >= 15 is 0 Å². The molecule has 1 unspecified atom stereocenters. The third-order valence-corrected chi connectivity index (χ3v) is 8.56. The minimum absolute atomic E-state index is 0.163. The number of hydrogen-bond donors (Lipinski definition) is 1. The van der Waals surface area contributed by atoms with E-state index in [2.05, 4.69) is 66.0 Å². The highest BCUT2D eigenvalue weighted by atomic mass is 15.4. The molecule has 0 aliphatic carbocycles. The third-order valence-electron chi connectivity index (χ3n) is 8.56. The van der Waals surface area contributed by atoms with Gasteiger partial charge >= 0.3 is 0 Å². The molecule has 1 atom stereocenters. The number of likely N-dealkylation sites (N-methyl/N-ethyl adjacent to an activating group) is 2. The number of hydrogen-bond acceptors (Lipinski definition) is 2. The van der Waals surface area contributed by atoms with Crippen LogP contribution in [0.3, 0.4) is 0 Å². The first-order valence-electron chi connectivity index (χ1n) is 16.5. The molecule has 36 heavy (non-hydrogen) atoms. The Balaban J connectivity index is 4.70. The van der Waals surface area contributed by atoms with E-state index in [4.69, 9.17) is 0 Å². The van der Waals surface area contributed by atoms with Crippen LogP contribution in [0.1, 0.15) is 157 Å². The Labute approximate surface area is 230 Å². The Morgan fingerprint density at radius 1 is 0.611 bits per heavy atom. The Kier molecular flexibility index (Phi) is 22.8. The van der Waals surface area contributed by atoms with Crippen molar-refractivity contribution >= 4 is 0 Å². The van der Waals surface area contributed by atoms with Gasteiger partial charge in [0.2, 0.25) is 0 Å². The Hall–Kier alpha value is -0.120. The molecule has 1 N–H and O–H groups in total. The minimum Gasteiger partial charge on any atom is -0.325 e. The van der Waals surface area contributed by atoms with Crippen molar-refractivity contribution in [2.24, 2.45) is 0 Å². The molecular weight excluding hydrogens is 438 g/mol. The summed E-state index contributed by atoms with van der Waals surface area (Å²) in [6, 6.07) is 0.670. The maximum absolute atomic E-state index is 4.04. The highest BCUT2D eigenvalue weighted by Crippen LogP contribution is 2.27. The van der Waals surface area contributed by atoms with Crippen LogP contribution in [0.5, 0.6) is 0 Å². The molecule has 3 heteroatoms. The molecule has 0 aliphatic rings. The standard InChI is InChI=1S/C33H72N3/c1-9-12-15-18-21-24-27-32(36(7,8)31-26-23-20-17-14-11-3)33(4,5)34-28-30-35(6)29-25-22-19-16-13-10-2/h32,34H,9-31H2,1-8H3/q+1. The summed E-state index contributed by atoms with van der Waals surface area (Å²) in [5.74, 6) is 0. The molecule has 0 saturated heterocycles. The Morgan fingerprint density at radius 3 is 1.58 bits per heavy atom. The quantitative estimate of drug-likeness (QED) is 0.0875. The van der Waals surface area contributed by atoms with E-state index in [-0.39, 0.29) is 5.54 Å². The summed E-state index contributed by atoms with van der Waals surface area (Å²) >= 11 is 0. The van der Waals surface area contributed by atoms with E-state index in [1.165, 1.54) is 135 Å². The largest absolute Gasteiger partial charge is 0.325 e. The van der Waals surface area contributed by atoms with E-state index in [0.29, 0.717) is 6.04 Å². The summed E-state index contributed by atoms with van der Waals surface area (Å²) < 4.78 is 1.16. The minimum atomic E-state index is 0.163. The van der Waals surface area contributed by atoms with Gasteiger partial charge in [-0.2, -0.15) is 0 Å². The first kappa shape index (κ1) is 35.9. The normalized spacial score (nSPS) is 13.6. The van der Waals surface area contributed by atoms with Crippen LogP contribution in [0, 0.1) is 0 Å². The molecule has 3 nitrogen and oxygen atoms in total. The van der Waals surface area contributed by atoms with E-state index < -0.39 is 0 Å². The molecule has 0 aromatic rings. The van der Waals surface area contributed by atoms with Crippen molar-refractivity contribution in [3.8, 4) is 0 Å². The maximum atomic E-state index is 4.04. The second-order valence-electron chi connectivity index (χ2n) is 13.1. The van der Waals surface area contributed by atoms with Gasteiger partial charge in [0.1, 0.15) is 6.04 Å². The van der Waals surface area contributed by atoms with Crippen LogP contribution in [-0.2, 0) is 0 Å². The van der Waals surface area contributed by atoms with E-state index in [1.807, 2.05) is 0 Å². The Morgan fingerprint density at radius 2 is 1.06 bits per heavy atom. The number of rotatable bonds is 27. The van der Waals surface area contributed by atoms with Gasteiger partial charge in [-0.25, -0.2) is 0 Å². The molecule has 0 saturated carbocycles. The lowest BCUT2D eigenvalue weighted by atomic mass is 9.86. The first-order valence-corrected chi connectivity index (χ1v) is 16.5. The van der Waals surface area contributed by atoms with E-state index in [9.17, 15) is 0 Å². The van der Waals surface area contributed by atoms with Gasteiger partial charge in [0.05, 0.1) is 26.2 Å². The summed E-state index contributed by atoms with van der Waals surface area (Å²) in [4.78, 5) is 2.54. The zero-order chi connectivity index (χ0) is 27.1. The maximum Gasteiger partial charge on any atom is 0.106 e. The number of unbranched alkanes of at least 4 members (excludes halogenated alkanes) is 15. The second kappa shape index (κ2) is 22.8. The topological polar surface area (TPSA) is 15.3 Å². The van der Waals surface area contributed by atoms with Crippen LogP contribution < -0.4 is 5.32 Å². The van der Waals surface area contributed by atoms with Crippen molar-refractivity contribution in [3.05, 3.63) is 0 Å². The zero-order valence-corrected chi connectivity index (χ0v) is 26.7. The average molecular weight is 511 g/mol. The van der Waals surface area contributed by atoms with Gasteiger partial charge in [0, 0.05) is 19.5 Å². The molecule has 0 aliphatic heterocycles. The monoisotopic (exact) mass is 511 g/mol. The molecule has 0 rings (SSSR count). The first-order chi connectivity index (χ1) is 17.2. The molecule has 0 aromatic carbocycles. The lowest BCUT2D eigenvalue weighted by molar-refractivity contribution is -0.919. The predicted octanol–water partition coefficient (Wildman–Crippen LogP) is 9.20. The van der Waals surface area contributed by atoms with Crippen molar-refractivity contribution in [1.29, 1.82) is 0 Å². The fraction of sp³-hybridized carbons (Fsp3) is 1.00. The van der Waals surface area contributed by atoms with Gasteiger partial charge in [0.15, 0.2) is 0 Å². The molecule has 0 radical (unpaired) electrons. The molecule has 0 amide bonds. The van der Waals surface area contributed by atoms with Gasteiger partial charge in [-0.3, -0.25) is 0 Å². The molecule has 0 spiro atoms. The van der Waals surface area contributed by atoms with Gasteiger partial charge in [-0.15, -0.1) is 0 Å². The second-order valence-corrected chi connectivity index (χ2v) is 13.1. The lowest BCUT2D eigenvalue weighted by Gasteiger charge is -2.47. The van der Waals surface area contributed by atoms with Crippen LogP contribution in [-0.4, -0.2) is 68.3 Å². The highest BCUT2D eigenvalue weighted by Gasteiger charge is 2.40. The van der Waals surface area contributed by atoms with Crippen LogP contribution in [0.15, 0.2) is 0 Å². The molecule has 218 valence electrons. The van der Waals surface area contributed by atoms with Crippen molar-refractivity contribution < 1.29 is 4.48 Å². The lowest BCUT2D eigenvalue weighted by Crippen LogP contribution is -2.64. The number of nitrogens with one attached hydrogen (secondary N) is 1. The van der Waals surface area contributed by atoms with Crippen molar-refractivity contribution in [3.63, 3.8) is 0 Å². The number of quaternary nitrogens is 1. The van der Waals surface area contributed by atoms with E-state index in [0.717, 1.165) is 17.6 Å². The van der Waals surface area contributed by atoms with Gasteiger partial charge in [-0.1, -0.05) is 111 Å². The van der Waals surface area contributed by atoms with Gasteiger partial charge in [0.25, 0.3) is 0 Å². The van der Waals surface area contributed by atoms with Crippen molar-refractivity contribution in [1.82, 2.24) is 10.2 Å². The molecule has 0 bridgehead atoms. The predicted molar refractivity (Wildman–Crippen MR) is 165 cm³/mol. The summed E-state index contributed by atoms with van der Waals surface area (Å²) in [7, 11) is 7.34. The highest BCUT2D eigenvalue weighted by molar-refractivity contribution is 4.88. The molecule has 0 aromatic heterocycles. The van der Waals surface area contributed by atoms with Crippen molar-refractivity contribution in [2.45, 2.75) is 168 Å². The molecule has 0 fully saturated rings. The smallest absolute Gasteiger partial charge is 0.106 e. The van der Waals surface area contributed by atoms with Crippen LogP contribution in [0.4, 0.5) is 0 Å². The summed E-state index contributed by atoms with van der Waals surface area (Å²) in [6.45, 7) is 16.7. The average Bonchev–Trinajstić information content (AvgIpc) is 2.82. The van der Waals surface area contributed by atoms with Gasteiger partial charge in [-0.05, 0) is 53.1 Å². The van der Waals surface area contributed by atoms with Crippen LogP contribution in [0.2, 0.25) is 0 Å². The summed E-state index contributed by atoms with van der Waals surface area (Å²) in [6.07, 6.45) is 26.4. The SMILES string of the molecule is CCCCCCCCC(C(C)(C)NCCN(C)CCCCCCCC)[N+](C)(C)CCCCCCCC. The Bertz CT molecular complexity index is 460. The van der Waals surface area contributed by atoms with Gasteiger partial charge < -0.3 is 14.7 Å². The van der Waals surface area contributed by atoms with E-state index in [1.54, 1.807) is 0 Å². The van der Waals surface area contributed by atoms with Crippen LogP contribution in [0.25, 0.3) is 0 Å². The zero-order valence-electron chi connectivity index (χ0n) is 26.7. The molecular formula is C33H72N3+. The van der Waals surface area contributed by atoms with Crippen LogP contribution >= 0.6 is 0 Å². The summed E-state index contributed by atoms with van der Waals surface area (Å²) in [5, 5.41) is 4.04. The fourth-order valence-corrected chi connectivity index (χ4v) is 6.12. The third kappa shape index (κ3) is 19.0. The fourth-order valence-electron chi connectivity index (χ4n) is 6.12. The number of nitrogens with zero attached hydrogens (tertiary/aromatic N) is 2. The summed E-state index contributed by atoms with van der Waals surface area (Å²) in [5.41, 5.74) is 0.163. The van der Waals surface area contributed by atoms with Crippen molar-refractivity contribution in [2.75, 3.05) is 47.3 Å². The molecule has 0 heterocycles.